The highest BCUT2D eigenvalue weighted by Gasteiger charge is 2.04. The molecule has 0 saturated heterocycles. The van der Waals surface area contributed by atoms with Crippen molar-refractivity contribution < 1.29 is 9.59 Å². The molecule has 0 saturated carbocycles. The molecule has 0 radical (unpaired) electrons. The van der Waals surface area contributed by atoms with E-state index in [1.54, 1.807) is 0 Å². The summed E-state index contributed by atoms with van der Waals surface area (Å²) in [5.74, 6) is 0.631. The Morgan fingerprint density at radius 1 is 1.16 bits per heavy atom. The zero-order valence-corrected chi connectivity index (χ0v) is 12.4. The predicted molar refractivity (Wildman–Crippen MR) is 79.7 cm³/mol. The number of thioether (sulfide) groups is 1. The standard InChI is InChI=1S/C15H21NO2S/c1-3-5-10-16-15(18)11-19-13-8-6-12(7-9-13)14(17)4-2/h6-9H,3-5,10-11H2,1-2H3,(H,16,18). The molecule has 0 unspecified atom stereocenters. The van der Waals surface area contributed by atoms with Crippen LogP contribution in [0.4, 0.5) is 0 Å². The van der Waals surface area contributed by atoms with Gasteiger partial charge in [-0.3, -0.25) is 9.59 Å². The fraction of sp³-hybridized carbons (Fsp3) is 0.467. The zero-order valence-electron chi connectivity index (χ0n) is 11.6. The molecule has 0 heterocycles. The lowest BCUT2D eigenvalue weighted by Gasteiger charge is -2.05. The van der Waals surface area contributed by atoms with E-state index >= 15 is 0 Å². The van der Waals surface area contributed by atoms with E-state index in [1.807, 2.05) is 31.2 Å². The summed E-state index contributed by atoms with van der Waals surface area (Å²) in [5.41, 5.74) is 0.735. The smallest absolute Gasteiger partial charge is 0.230 e. The van der Waals surface area contributed by atoms with Crippen LogP contribution in [0.1, 0.15) is 43.5 Å². The molecule has 19 heavy (non-hydrogen) atoms. The van der Waals surface area contributed by atoms with Crippen molar-refractivity contribution in [3.05, 3.63) is 29.8 Å². The zero-order chi connectivity index (χ0) is 14.1. The minimum atomic E-state index is 0.0622. The number of rotatable bonds is 8. The number of carbonyl (C=O) groups excluding carboxylic acids is 2. The largest absolute Gasteiger partial charge is 0.355 e. The number of nitrogens with one attached hydrogen (secondary N) is 1. The molecule has 0 aromatic heterocycles. The van der Waals surface area contributed by atoms with Crippen LogP contribution in [0.25, 0.3) is 0 Å². The van der Waals surface area contributed by atoms with Crippen molar-refractivity contribution in [2.75, 3.05) is 12.3 Å². The number of unbranched alkanes of at least 4 members (excludes halogenated alkanes) is 1. The second-order valence-corrected chi connectivity index (χ2v) is 5.34. The van der Waals surface area contributed by atoms with Crippen LogP contribution in [0.5, 0.6) is 0 Å². The van der Waals surface area contributed by atoms with Gasteiger partial charge in [-0.2, -0.15) is 0 Å². The number of hydrogen-bond acceptors (Lipinski definition) is 3. The minimum absolute atomic E-state index is 0.0622. The maximum Gasteiger partial charge on any atom is 0.230 e. The number of ketones is 1. The van der Waals surface area contributed by atoms with Crippen molar-refractivity contribution in [2.45, 2.75) is 38.0 Å². The molecule has 104 valence electrons. The van der Waals surface area contributed by atoms with Crippen LogP contribution in [0.2, 0.25) is 0 Å². The third kappa shape index (κ3) is 5.92. The van der Waals surface area contributed by atoms with Crippen LogP contribution in [-0.4, -0.2) is 24.0 Å². The predicted octanol–water partition coefficient (Wildman–Crippen LogP) is 3.29. The second kappa shape index (κ2) is 8.75. The van der Waals surface area contributed by atoms with E-state index in [9.17, 15) is 9.59 Å². The summed E-state index contributed by atoms with van der Waals surface area (Å²) in [5, 5.41) is 2.88. The summed E-state index contributed by atoms with van der Waals surface area (Å²) >= 11 is 1.49. The first-order chi connectivity index (χ1) is 9.17. The Morgan fingerprint density at radius 3 is 2.42 bits per heavy atom. The lowest BCUT2D eigenvalue weighted by atomic mass is 10.1. The van der Waals surface area contributed by atoms with Crippen LogP contribution in [0, 0.1) is 0 Å². The normalized spacial score (nSPS) is 10.2. The van der Waals surface area contributed by atoms with Gasteiger partial charge in [-0.15, -0.1) is 11.8 Å². The molecular weight excluding hydrogens is 258 g/mol. The number of benzene rings is 1. The lowest BCUT2D eigenvalue weighted by Crippen LogP contribution is -2.25. The molecule has 1 aromatic carbocycles. The molecule has 0 bridgehead atoms. The molecule has 0 atom stereocenters. The molecule has 1 N–H and O–H groups in total. The van der Waals surface area contributed by atoms with E-state index in [2.05, 4.69) is 12.2 Å². The molecule has 0 spiro atoms. The Morgan fingerprint density at radius 2 is 1.84 bits per heavy atom. The molecule has 0 aliphatic heterocycles. The first kappa shape index (κ1) is 15.8. The van der Waals surface area contributed by atoms with Crippen molar-refractivity contribution in [1.29, 1.82) is 0 Å². The van der Waals surface area contributed by atoms with Gasteiger partial charge < -0.3 is 5.32 Å². The molecule has 0 aliphatic rings. The third-order valence-electron chi connectivity index (χ3n) is 2.72. The Balaban J connectivity index is 2.37. The van der Waals surface area contributed by atoms with Gasteiger partial charge in [0, 0.05) is 23.4 Å². The first-order valence-corrected chi connectivity index (χ1v) is 7.68. The fourth-order valence-corrected chi connectivity index (χ4v) is 2.27. The number of carbonyl (C=O) groups is 2. The van der Waals surface area contributed by atoms with Crippen LogP contribution >= 0.6 is 11.8 Å². The third-order valence-corrected chi connectivity index (χ3v) is 3.73. The van der Waals surface area contributed by atoms with E-state index in [4.69, 9.17) is 0 Å². The summed E-state index contributed by atoms with van der Waals surface area (Å²) in [4.78, 5) is 24.0. The van der Waals surface area contributed by atoms with Gasteiger partial charge in [-0.05, 0) is 18.6 Å². The average molecular weight is 279 g/mol. The summed E-state index contributed by atoms with van der Waals surface area (Å²) < 4.78 is 0. The SMILES string of the molecule is CCCCNC(=O)CSc1ccc(C(=O)CC)cc1. The van der Waals surface area contributed by atoms with Gasteiger partial charge in [0.25, 0.3) is 0 Å². The lowest BCUT2D eigenvalue weighted by molar-refractivity contribution is -0.118. The van der Waals surface area contributed by atoms with Gasteiger partial charge >= 0.3 is 0 Å². The Bertz CT molecular complexity index is 415. The fourth-order valence-electron chi connectivity index (χ4n) is 1.55. The Hall–Kier alpha value is -1.29. The van der Waals surface area contributed by atoms with Gasteiger partial charge in [0.1, 0.15) is 0 Å². The van der Waals surface area contributed by atoms with Gasteiger partial charge in [0.05, 0.1) is 5.75 Å². The summed E-state index contributed by atoms with van der Waals surface area (Å²) in [7, 11) is 0. The van der Waals surface area contributed by atoms with Gasteiger partial charge in [-0.1, -0.05) is 32.4 Å². The Kier molecular flexibility index (Phi) is 7.26. The van der Waals surface area contributed by atoms with Crippen molar-refractivity contribution in [3.63, 3.8) is 0 Å². The highest BCUT2D eigenvalue weighted by molar-refractivity contribution is 8.00. The molecule has 4 heteroatoms. The molecule has 1 rings (SSSR count). The van der Waals surface area contributed by atoms with Gasteiger partial charge in [-0.25, -0.2) is 0 Å². The van der Waals surface area contributed by atoms with Crippen LogP contribution < -0.4 is 5.32 Å². The summed E-state index contributed by atoms with van der Waals surface area (Å²) in [6, 6.07) is 7.44. The average Bonchev–Trinajstić information content (AvgIpc) is 2.45. The maximum absolute atomic E-state index is 11.5. The number of Topliss-reactive ketones (excluding diaryl/α,β-unsaturated/α-hetero) is 1. The van der Waals surface area contributed by atoms with Gasteiger partial charge in [0.2, 0.25) is 5.91 Å². The van der Waals surface area contributed by atoms with E-state index < -0.39 is 0 Å². The number of amides is 1. The van der Waals surface area contributed by atoms with Crippen molar-refractivity contribution >= 4 is 23.5 Å². The topological polar surface area (TPSA) is 46.2 Å². The van der Waals surface area contributed by atoms with E-state index in [0.29, 0.717) is 12.2 Å². The van der Waals surface area contributed by atoms with E-state index in [-0.39, 0.29) is 11.7 Å². The molecule has 0 fully saturated rings. The minimum Gasteiger partial charge on any atom is -0.355 e. The molecule has 3 nitrogen and oxygen atoms in total. The van der Waals surface area contributed by atoms with Crippen LogP contribution in [0.15, 0.2) is 29.2 Å². The van der Waals surface area contributed by atoms with E-state index in [1.165, 1.54) is 11.8 Å². The van der Waals surface area contributed by atoms with Crippen LogP contribution in [0.3, 0.4) is 0 Å². The second-order valence-electron chi connectivity index (χ2n) is 4.29. The Labute approximate surface area is 119 Å². The highest BCUT2D eigenvalue weighted by atomic mass is 32.2. The van der Waals surface area contributed by atoms with Crippen LogP contribution in [-0.2, 0) is 4.79 Å². The molecule has 0 aliphatic carbocycles. The quantitative estimate of drug-likeness (QED) is 0.451. The highest BCUT2D eigenvalue weighted by Crippen LogP contribution is 2.18. The molecule has 1 aromatic rings. The number of hydrogen-bond donors (Lipinski definition) is 1. The molecule has 1 amide bonds. The maximum atomic E-state index is 11.5. The van der Waals surface area contributed by atoms with E-state index in [0.717, 1.165) is 29.8 Å². The summed E-state index contributed by atoms with van der Waals surface area (Å²) in [6.45, 7) is 4.70. The van der Waals surface area contributed by atoms with Gasteiger partial charge in [0.15, 0.2) is 5.78 Å². The molecular formula is C15H21NO2S. The van der Waals surface area contributed by atoms with Crippen molar-refractivity contribution in [2.24, 2.45) is 0 Å². The van der Waals surface area contributed by atoms with Crippen molar-refractivity contribution in [3.8, 4) is 0 Å². The monoisotopic (exact) mass is 279 g/mol. The summed E-state index contributed by atoms with van der Waals surface area (Å²) in [6.07, 6.45) is 2.62. The van der Waals surface area contributed by atoms with Crippen molar-refractivity contribution in [1.82, 2.24) is 5.32 Å². The first-order valence-electron chi connectivity index (χ1n) is 6.70.